The van der Waals surface area contributed by atoms with Gasteiger partial charge in [-0.3, -0.25) is 9.59 Å². The molecule has 2 N–H and O–H groups in total. The number of benzene rings is 1. The largest absolute Gasteiger partial charge is 0.354 e. The molecule has 0 aliphatic rings. The van der Waals surface area contributed by atoms with Gasteiger partial charge in [0.05, 0.1) is 6.54 Å². The fourth-order valence-corrected chi connectivity index (χ4v) is 1.72. The van der Waals surface area contributed by atoms with E-state index < -0.39 is 5.41 Å². The Morgan fingerprint density at radius 1 is 1.10 bits per heavy atom. The first-order chi connectivity index (χ1) is 9.30. The zero-order valence-corrected chi connectivity index (χ0v) is 12.7. The normalized spacial score (nSPS) is 11.0. The zero-order valence-electron chi connectivity index (χ0n) is 12.7. The third-order valence-electron chi connectivity index (χ3n) is 3.07. The SMILES string of the molecule is Cc1ccccc1CCNC(=O)CNC(=O)C(C)(C)C. The molecule has 0 saturated carbocycles. The van der Waals surface area contributed by atoms with Gasteiger partial charge in [0.15, 0.2) is 0 Å². The van der Waals surface area contributed by atoms with Crippen LogP contribution < -0.4 is 10.6 Å². The highest BCUT2D eigenvalue weighted by Gasteiger charge is 2.21. The standard InChI is InChI=1S/C16H24N2O2/c1-12-7-5-6-8-13(12)9-10-17-14(19)11-18-15(20)16(2,3)4/h5-8H,9-11H2,1-4H3,(H,17,19)(H,18,20). The molecule has 0 heterocycles. The van der Waals surface area contributed by atoms with Crippen LogP contribution in [0, 0.1) is 12.3 Å². The number of rotatable bonds is 5. The molecule has 1 aromatic carbocycles. The average molecular weight is 276 g/mol. The van der Waals surface area contributed by atoms with Crippen LogP contribution in [0.5, 0.6) is 0 Å². The van der Waals surface area contributed by atoms with Gasteiger partial charge >= 0.3 is 0 Å². The number of hydrogen-bond donors (Lipinski definition) is 2. The summed E-state index contributed by atoms with van der Waals surface area (Å²) in [5.74, 6) is -0.275. The van der Waals surface area contributed by atoms with Crippen molar-refractivity contribution in [1.82, 2.24) is 10.6 Å². The fourth-order valence-electron chi connectivity index (χ4n) is 1.72. The Morgan fingerprint density at radius 3 is 2.35 bits per heavy atom. The highest BCUT2D eigenvalue weighted by Crippen LogP contribution is 2.11. The Kier molecular flexibility index (Phi) is 5.74. The van der Waals surface area contributed by atoms with Gasteiger partial charge in [-0.05, 0) is 24.5 Å². The van der Waals surface area contributed by atoms with Crippen LogP contribution in [0.25, 0.3) is 0 Å². The summed E-state index contributed by atoms with van der Waals surface area (Å²) >= 11 is 0. The monoisotopic (exact) mass is 276 g/mol. The Balaban J connectivity index is 2.28. The van der Waals surface area contributed by atoms with Crippen molar-refractivity contribution in [3.63, 3.8) is 0 Å². The molecule has 0 fully saturated rings. The van der Waals surface area contributed by atoms with Crippen molar-refractivity contribution in [2.45, 2.75) is 34.1 Å². The Labute approximate surface area is 121 Å². The lowest BCUT2D eigenvalue weighted by Crippen LogP contribution is -2.42. The van der Waals surface area contributed by atoms with Crippen LogP contribution in [0.2, 0.25) is 0 Å². The first kappa shape index (κ1) is 16.2. The molecule has 2 amide bonds. The number of carbonyl (C=O) groups excluding carboxylic acids is 2. The molecular formula is C16H24N2O2. The molecule has 0 aliphatic heterocycles. The van der Waals surface area contributed by atoms with E-state index in [-0.39, 0.29) is 18.4 Å². The minimum absolute atomic E-state index is 0.0316. The zero-order chi connectivity index (χ0) is 15.2. The number of hydrogen-bond acceptors (Lipinski definition) is 2. The van der Waals surface area contributed by atoms with Gasteiger partial charge in [-0.2, -0.15) is 0 Å². The summed E-state index contributed by atoms with van der Waals surface area (Å²) in [6.07, 6.45) is 0.797. The van der Waals surface area contributed by atoms with Gasteiger partial charge in [-0.1, -0.05) is 45.0 Å². The number of nitrogens with one attached hydrogen (secondary N) is 2. The average Bonchev–Trinajstić information content (AvgIpc) is 2.37. The molecule has 4 heteroatoms. The van der Waals surface area contributed by atoms with E-state index in [4.69, 9.17) is 0 Å². The van der Waals surface area contributed by atoms with Crippen LogP contribution in [-0.2, 0) is 16.0 Å². The van der Waals surface area contributed by atoms with E-state index in [1.54, 1.807) is 0 Å². The van der Waals surface area contributed by atoms with Gasteiger partial charge in [0, 0.05) is 12.0 Å². The van der Waals surface area contributed by atoms with Gasteiger partial charge in [0.1, 0.15) is 0 Å². The van der Waals surface area contributed by atoms with Gasteiger partial charge in [-0.25, -0.2) is 0 Å². The summed E-state index contributed by atoms with van der Waals surface area (Å²) in [6.45, 7) is 8.12. The van der Waals surface area contributed by atoms with E-state index in [1.807, 2.05) is 32.9 Å². The molecule has 1 aromatic rings. The molecule has 110 valence electrons. The van der Waals surface area contributed by atoms with Crippen molar-refractivity contribution >= 4 is 11.8 Å². The first-order valence-electron chi connectivity index (χ1n) is 6.90. The second-order valence-corrected chi connectivity index (χ2v) is 5.96. The minimum atomic E-state index is -0.471. The molecule has 0 atom stereocenters. The van der Waals surface area contributed by atoms with E-state index in [1.165, 1.54) is 11.1 Å². The molecule has 0 spiro atoms. The van der Waals surface area contributed by atoms with Crippen molar-refractivity contribution in [1.29, 1.82) is 0 Å². The van der Waals surface area contributed by atoms with Gasteiger partial charge in [-0.15, -0.1) is 0 Å². The lowest BCUT2D eigenvalue weighted by Gasteiger charge is -2.17. The Morgan fingerprint density at radius 2 is 1.75 bits per heavy atom. The maximum absolute atomic E-state index is 11.6. The number of carbonyl (C=O) groups is 2. The number of aryl methyl sites for hydroxylation is 1. The third-order valence-corrected chi connectivity index (χ3v) is 3.07. The van der Waals surface area contributed by atoms with Crippen LogP contribution in [0.1, 0.15) is 31.9 Å². The van der Waals surface area contributed by atoms with Crippen molar-refractivity contribution in [2.24, 2.45) is 5.41 Å². The van der Waals surface area contributed by atoms with Crippen molar-refractivity contribution < 1.29 is 9.59 Å². The maximum atomic E-state index is 11.6. The summed E-state index contributed by atoms with van der Waals surface area (Å²) in [4.78, 5) is 23.2. The van der Waals surface area contributed by atoms with E-state index in [9.17, 15) is 9.59 Å². The van der Waals surface area contributed by atoms with Crippen LogP contribution in [-0.4, -0.2) is 24.9 Å². The fraction of sp³-hybridized carbons (Fsp3) is 0.500. The molecule has 0 saturated heterocycles. The lowest BCUT2D eigenvalue weighted by molar-refractivity contribution is -0.131. The minimum Gasteiger partial charge on any atom is -0.354 e. The molecule has 0 unspecified atom stereocenters. The van der Waals surface area contributed by atoms with Crippen LogP contribution in [0.3, 0.4) is 0 Å². The predicted molar refractivity (Wildman–Crippen MR) is 80.4 cm³/mol. The second-order valence-electron chi connectivity index (χ2n) is 5.96. The summed E-state index contributed by atoms with van der Waals surface area (Å²) in [5.41, 5.74) is 1.98. The Bertz CT molecular complexity index is 476. The van der Waals surface area contributed by atoms with Crippen LogP contribution >= 0.6 is 0 Å². The summed E-state index contributed by atoms with van der Waals surface area (Å²) < 4.78 is 0. The molecule has 0 radical (unpaired) electrons. The Hall–Kier alpha value is -1.84. The van der Waals surface area contributed by atoms with Crippen LogP contribution in [0.4, 0.5) is 0 Å². The predicted octanol–water partition coefficient (Wildman–Crippen LogP) is 1.82. The molecule has 4 nitrogen and oxygen atoms in total. The highest BCUT2D eigenvalue weighted by molar-refractivity contribution is 5.87. The summed E-state index contributed by atoms with van der Waals surface area (Å²) in [6, 6.07) is 8.11. The molecule has 1 rings (SSSR count). The molecular weight excluding hydrogens is 252 g/mol. The quantitative estimate of drug-likeness (QED) is 0.862. The summed E-state index contributed by atoms with van der Waals surface area (Å²) in [7, 11) is 0. The summed E-state index contributed by atoms with van der Waals surface area (Å²) in [5, 5.41) is 5.44. The number of amides is 2. The van der Waals surface area contributed by atoms with E-state index in [2.05, 4.69) is 29.7 Å². The highest BCUT2D eigenvalue weighted by atomic mass is 16.2. The molecule has 0 bridgehead atoms. The topological polar surface area (TPSA) is 58.2 Å². The third kappa shape index (κ3) is 5.43. The van der Waals surface area contributed by atoms with Crippen molar-refractivity contribution in [3.05, 3.63) is 35.4 Å². The van der Waals surface area contributed by atoms with E-state index in [0.717, 1.165) is 6.42 Å². The van der Waals surface area contributed by atoms with Crippen LogP contribution in [0.15, 0.2) is 24.3 Å². The van der Waals surface area contributed by atoms with Gasteiger partial charge in [0.25, 0.3) is 0 Å². The molecule has 20 heavy (non-hydrogen) atoms. The smallest absolute Gasteiger partial charge is 0.239 e. The second kappa shape index (κ2) is 7.08. The van der Waals surface area contributed by atoms with Crippen molar-refractivity contribution in [2.75, 3.05) is 13.1 Å². The van der Waals surface area contributed by atoms with Crippen molar-refractivity contribution in [3.8, 4) is 0 Å². The lowest BCUT2D eigenvalue weighted by atomic mass is 9.96. The van der Waals surface area contributed by atoms with E-state index >= 15 is 0 Å². The maximum Gasteiger partial charge on any atom is 0.239 e. The molecule has 0 aromatic heterocycles. The molecule has 0 aliphatic carbocycles. The van der Waals surface area contributed by atoms with Gasteiger partial charge < -0.3 is 10.6 Å². The van der Waals surface area contributed by atoms with E-state index in [0.29, 0.717) is 6.54 Å². The first-order valence-corrected chi connectivity index (χ1v) is 6.90. The van der Waals surface area contributed by atoms with Gasteiger partial charge in [0.2, 0.25) is 11.8 Å².